The number of aryl methyl sites for hydroxylation is 2. The smallest absolute Gasteiger partial charge is 0.178 e. The molecule has 0 saturated carbocycles. The first-order valence-corrected chi connectivity index (χ1v) is 11.8. The third-order valence-electron chi connectivity index (χ3n) is 5.84. The van der Waals surface area contributed by atoms with Crippen LogP contribution in [0.4, 0.5) is 11.4 Å². The number of benzene rings is 2. The van der Waals surface area contributed by atoms with Gasteiger partial charge in [-0.25, -0.2) is 0 Å². The molecule has 0 atom stereocenters. The number of nitrogens with zero attached hydrogens (tertiary/aromatic N) is 4. The second-order valence-corrected chi connectivity index (χ2v) is 8.13. The summed E-state index contributed by atoms with van der Waals surface area (Å²) in [5.41, 5.74) is 6.35. The van der Waals surface area contributed by atoms with Crippen molar-refractivity contribution < 1.29 is 4.79 Å². The Kier molecular flexibility index (Phi) is 10.6. The van der Waals surface area contributed by atoms with Gasteiger partial charge in [0.05, 0.1) is 25.0 Å². The Morgan fingerprint density at radius 3 is 1.53 bits per heavy atom. The molecular weight excluding hydrogens is 420 g/mol. The van der Waals surface area contributed by atoms with Gasteiger partial charge in [-0.1, -0.05) is 24.3 Å². The maximum absolute atomic E-state index is 12.4. The van der Waals surface area contributed by atoms with E-state index >= 15 is 0 Å². The Bertz CT molecular complexity index is 1030. The van der Waals surface area contributed by atoms with Crippen LogP contribution in [0.3, 0.4) is 0 Å². The van der Waals surface area contributed by atoms with Crippen molar-refractivity contribution in [2.24, 2.45) is 0 Å². The summed E-state index contributed by atoms with van der Waals surface area (Å²) in [4.78, 5) is 16.8. The lowest BCUT2D eigenvalue weighted by Crippen LogP contribution is -2.23. The lowest BCUT2D eigenvalue weighted by Gasteiger charge is -2.22. The molecule has 0 aromatic heterocycles. The third-order valence-corrected chi connectivity index (χ3v) is 5.84. The van der Waals surface area contributed by atoms with Crippen LogP contribution in [0.15, 0.2) is 48.6 Å². The fourth-order valence-corrected chi connectivity index (χ4v) is 3.80. The highest BCUT2D eigenvalue weighted by molar-refractivity contribution is 6.04. The van der Waals surface area contributed by atoms with E-state index in [1.807, 2.05) is 50.3 Å². The van der Waals surface area contributed by atoms with Gasteiger partial charge in [-0.3, -0.25) is 4.79 Å². The van der Waals surface area contributed by atoms with Gasteiger partial charge >= 0.3 is 0 Å². The largest absolute Gasteiger partial charge is 0.371 e. The van der Waals surface area contributed by atoms with E-state index in [0.29, 0.717) is 25.9 Å². The molecule has 34 heavy (non-hydrogen) atoms. The van der Waals surface area contributed by atoms with E-state index in [2.05, 4.69) is 47.9 Å². The second kappa shape index (κ2) is 13.7. The van der Waals surface area contributed by atoms with Crippen LogP contribution in [-0.4, -0.2) is 32.0 Å². The summed E-state index contributed by atoms with van der Waals surface area (Å²) >= 11 is 0. The van der Waals surface area contributed by atoms with Crippen LogP contribution in [0.2, 0.25) is 0 Å². The second-order valence-electron chi connectivity index (χ2n) is 8.13. The molecule has 176 valence electrons. The minimum atomic E-state index is -0.0691. The van der Waals surface area contributed by atoms with Crippen molar-refractivity contribution in [1.82, 2.24) is 0 Å². The number of hydrogen-bond donors (Lipinski definition) is 0. The molecular formula is C29H34N4O. The molecule has 0 aliphatic heterocycles. The zero-order chi connectivity index (χ0) is 24.9. The van der Waals surface area contributed by atoms with Gasteiger partial charge in [0.15, 0.2) is 5.78 Å². The Morgan fingerprint density at radius 2 is 1.21 bits per heavy atom. The van der Waals surface area contributed by atoms with Gasteiger partial charge in [-0.05, 0) is 86.4 Å². The summed E-state index contributed by atoms with van der Waals surface area (Å²) in [6.45, 7) is 11.3. The summed E-state index contributed by atoms with van der Waals surface area (Å²) in [5, 5.41) is 17.7. The lowest BCUT2D eigenvalue weighted by molar-refractivity contribution is -0.110. The summed E-state index contributed by atoms with van der Waals surface area (Å²) in [6, 6.07) is 16.7. The standard InChI is InChI=1S/C29H34N4O/c1-5-32(19-7-17-30)27-13-9-25(23(3)21-27)11-15-29(34)16-12-26-10-14-28(22-24(26)4)33(6-2)20-8-18-31/h9-16,21-22H,5-8,19-20H2,1-4H3/b15-11+,16-12+. The topological polar surface area (TPSA) is 71.1 Å². The molecule has 0 heterocycles. The van der Waals surface area contributed by atoms with E-state index in [1.165, 1.54) is 0 Å². The molecule has 2 aromatic carbocycles. The van der Waals surface area contributed by atoms with E-state index in [4.69, 9.17) is 10.5 Å². The number of carbonyl (C=O) groups excluding carboxylic acids is 1. The van der Waals surface area contributed by atoms with Crippen LogP contribution in [0, 0.1) is 36.5 Å². The van der Waals surface area contributed by atoms with E-state index in [9.17, 15) is 4.79 Å². The number of rotatable bonds is 12. The fourth-order valence-electron chi connectivity index (χ4n) is 3.80. The molecule has 5 nitrogen and oxygen atoms in total. The summed E-state index contributed by atoms with van der Waals surface area (Å²) < 4.78 is 0. The zero-order valence-corrected chi connectivity index (χ0v) is 20.7. The number of hydrogen-bond acceptors (Lipinski definition) is 5. The highest BCUT2D eigenvalue weighted by Gasteiger charge is 2.07. The van der Waals surface area contributed by atoms with Crippen molar-refractivity contribution >= 4 is 29.3 Å². The molecule has 0 amide bonds. The first-order chi connectivity index (χ1) is 16.4. The minimum absolute atomic E-state index is 0.0691. The van der Waals surface area contributed by atoms with Crippen molar-refractivity contribution in [3.8, 4) is 12.1 Å². The van der Waals surface area contributed by atoms with Crippen LogP contribution in [0.1, 0.15) is 48.9 Å². The maximum Gasteiger partial charge on any atom is 0.178 e. The molecule has 0 unspecified atom stereocenters. The molecule has 2 aromatic rings. The van der Waals surface area contributed by atoms with Gasteiger partial charge in [0.1, 0.15) is 0 Å². The molecule has 2 rings (SSSR count). The van der Waals surface area contributed by atoms with Crippen molar-refractivity contribution in [1.29, 1.82) is 10.5 Å². The van der Waals surface area contributed by atoms with Crippen LogP contribution in [-0.2, 0) is 4.79 Å². The van der Waals surface area contributed by atoms with Gasteiger partial charge in [0.2, 0.25) is 0 Å². The average molecular weight is 455 g/mol. The van der Waals surface area contributed by atoms with Gasteiger partial charge in [0.25, 0.3) is 0 Å². The molecule has 0 saturated heterocycles. The van der Waals surface area contributed by atoms with Crippen molar-refractivity contribution in [3.05, 3.63) is 70.8 Å². The van der Waals surface area contributed by atoms with Gasteiger partial charge in [0, 0.05) is 37.6 Å². The summed E-state index contributed by atoms with van der Waals surface area (Å²) in [5.74, 6) is -0.0691. The van der Waals surface area contributed by atoms with Crippen LogP contribution >= 0.6 is 0 Å². The van der Waals surface area contributed by atoms with Gasteiger partial charge < -0.3 is 9.80 Å². The first kappa shape index (κ1) is 26.4. The molecule has 0 spiro atoms. The summed E-state index contributed by atoms with van der Waals surface area (Å²) in [6.07, 6.45) is 7.88. The van der Waals surface area contributed by atoms with Crippen molar-refractivity contribution in [2.45, 2.75) is 40.5 Å². The number of allylic oxidation sites excluding steroid dienone is 2. The lowest BCUT2D eigenvalue weighted by atomic mass is 10.0. The monoisotopic (exact) mass is 454 g/mol. The van der Waals surface area contributed by atoms with E-state index in [0.717, 1.165) is 46.7 Å². The highest BCUT2D eigenvalue weighted by atomic mass is 16.1. The van der Waals surface area contributed by atoms with Crippen molar-refractivity contribution in [2.75, 3.05) is 36.0 Å². The number of nitriles is 2. The van der Waals surface area contributed by atoms with E-state index < -0.39 is 0 Å². The molecule has 5 heteroatoms. The third kappa shape index (κ3) is 7.64. The van der Waals surface area contributed by atoms with Crippen LogP contribution in [0.5, 0.6) is 0 Å². The van der Waals surface area contributed by atoms with Gasteiger partial charge in [-0.15, -0.1) is 0 Å². The Hall–Kier alpha value is -3.83. The van der Waals surface area contributed by atoms with Crippen molar-refractivity contribution in [3.63, 3.8) is 0 Å². The maximum atomic E-state index is 12.4. The van der Waals surface area contributed by atoms with E-state index in [1.54, 1.807) is 12.2 Å². The fraction of sp³-hybridized carbons (Fsp3) is 0.345. The Balaban J connectivity index is 2.06. The normalized spacial score (nSPS) is 10.9. The van der Waals surface area contributed by atoms with Gasteiger partial charge in [-0.2, -0.15) is 10.5 Å². The predicted molar refractivity (Wildman–Crippen MR) is 142 cm³/mol. The zero-order valence-electron chi connectivity index (χ0n) is 20.7. The molecule has 0 aliphatic rings. The summed E-state index contributed by atoms with van der Waals surface area (Å²) in [7, 11) is 0. The SMILES string of the molecule is CCN(CCC#N)c1ccc(/C=C/C(=O)/C=C/c2ccc(N(CC)CCC#N)cc2C)c(C)c1. The molecule has 0 bridgehead atoms. The number of ketones is 1. The van der Waals surface area contributed by atoms with Crippen LogP contribution < -0.4 is 9.80 Å². The van der Waals surface area contributed by atoms with E-state index in [-0.39, 0.29) is 5.78 Å². The predicted octanol–water partition coefficient (Wildman–Crippen LogP) is 6.08. The molecule has 0 radical (unpaired) electrons. The molecule has 0 aliphatic carbocycles. The molecule has 0 N–H and O–H groups in total. The quantitative estimate of drug-likeness (QED) is 0.364. The van der Waals surface area contributed by atoms with Crippen LogP contribution in [0.25, 0.3) is 12.2 Å². The highest BCUT2D eigenvalue weighted by Crippen LogP contribution is 2.22. The number of anilines is 2. The Labute approximate surface area is 204 Å². The average Bonchev–Trinajstić information content (AvgIpc) is 2.83. The number of carbonyl (C=O) groups is 1. The minimum Gasteiger partial charge on any atom is -0.371 e. The first-order valence-electron chi connectivity index (χ1n) is 11.8. The molecule has 0 fully saturated rings. The Morgan fingerprint density at radius 1 is 0.794 bits per heavy atom.